The third kappa shape index (κ3) is 6.50. The Morgan fingerprint density at radius 1 is 1.50 bits per heavy atom. The van der Waals surface area contributed by atoms with E-state index >= 15 is 0 Å². The highest BCUT2D eigenvalue weighted by Crippen LogP contribution is 2.46. The molecule has 1 atom stereocenters. The summed E-state index contributed by atoms with van der Waals surface area (Å²) in [5.74, 6) is 0. The highest BCUT2D eigenvalue weighted by atomic mass is 32.1. The normalized spacial score (nSPS) is 14.7. The molecule has 1 rings (SSSR count). The molecule has 0 saturated carbocycles. The zero-order valence-corrected chi connectivity index (χ0v) is 14.1. The molecule has 1 aromatic rings. The number of hydrogen-bond donors (Lipinski definition) is 1. The largest absolute Gasteiger partial charge is 0.444 e. The van der Waals surface area contributed by atoms with Crippen molar-refractivity contribution < 1.29 is 18.6 Å². The number of carbonyl (C=O) groups excluding carboxylic acids is 1. The third-order valence-electron chi connectivity index (χ3n) is 2.01. The van der Waals surface area contributed by atoms with Crippen LogP contribution < -0.4 is 5.32 Å². The lowest BCUT2D eigenvalue weighted by Gasteiger charge is -2.18. The first-order valence-corrected chi connectivity index (χ1v) is 9.40. The molecular formula is C12H21N2O4PS. The molecule has 0 spiro atoms. The second-order valence-corrected chi connectivity index (χ2v) is 8.82. The minimum Gasteiger partial charge on any atom is -0.444 e. The summed E-state index contributed by atoms with van der Waals surface area (Å²) in [6.07, 6.45) is -0.296. The van der Waals surface area contributed by atoms with Crippen LogP contribution in [-0.2, 0) is 20.0 Å². The van der Waals surface area contributed by atoms with Crippen molar-refractivity contribution in [2.24, 2.45) is 0 Å². The van der Waals surface area contributed by atoms with Gasteiger partial charge in [-0.25, -0.2) is 9.78 Å². The van der Waals surface area contributed by atoms with Crippen molar-refractivity contribution in [2.75, 3.05) is 18.6 Å². The Morgan fingerprint density at radius 2 is 2.15 bits per heavy atom. The monoisotopic (exact) mass is 320 g/mol. The molecule has 0 bridgehead atoms. The first-order valence-electron chi connectivity index (χ1n) is 6.27. The van der Waals surface area contributed by atoms with E-state index in [1.165, 1.54) is 11.3 Å². The smallest absolute Gasteiger partial charge is 0.413 e. The van der Waals surface area contributed by atoms with E-state index in [1.54, 1.807) is 39.7 Å². The number of hydrogen-bond acceptors (Lipinski definition) is 6. The molecule has 0 aromatic carbocycles. The van der Waals surface area contributed by atoms with E-state index in [0.717, 1.165) is 0 Å². The Labute approximate surface area is 123 Å². The second-order valence-electron chi connectivity index (χ2n) is 5.36. The van der Waals surface area contributed by atoms with E-state index < -0.39 is 19.1 Å². The maximum atomic E-state index is 12.0. The lowest BCUT2D eigenvalue weighted by Crippen LogP contribution is -2.27. The van der Waals surface area contributed by atoms with Gasteiger partial charge in [-0.05, 0) is 27.7 Å². The second kappa shape index (κ2) is 6.70. The van der Waals surface area contributed by atoms with Crippen molar-refractivity contribution in [1.82, 2.24) is 4.98 Å². The summed E-state index contributed by atoms with van der Waals surface area (Å²) in [6.45, 7) is 9.14. The quantitative estimate of drug-likeness (QED) is 0.832. The van der Waals surface area contributed by atoms with Crippen LogP contribution >= 0.6 is 18.7 Å². The average Bonchev–Trinajstić information content (AvgIpc) is 2.60. The molecule has 8 heteroatoms. The Kier molecular flexibility index (Phi) is 5.74. The van der Waals surface area contributed by atoms with E-state index in [2.05, 4.69) is 10.3 Å². The molecule has 6 nitrogen and oxygen atoms in total. The Hall–Kier alpha value is -0.910. The number of thiazole rings is 1. The first kappa shape index (κ1) is 17.1. The number of anilines is 1. The van der Waals surface area contributed by atoms with Gasteiger partial charge in [0.1, 0.15) is 5.60 Å². The molecule has 0 radical (unpaired) electrons. The minimum absolute atomic E-state index is 0.257. The van der Waals surface area contributed by atoms with Crippen molar-refractivity contribution in [3.8, 4) is 0 Å². The predicted octanol–water partition coefficient (Wildman–Crippen LogP) is 3.93. The number of nitrogens with one attached hydrogen (secondary N) is 1. The van der Waals surface area contributed by atoms with Crippen molar-refractivity contribution in [3.05, 3.63) is 11.1 Å². The first-order chi connectivity index (χ1) is 9.11. The molecular weight excluding hydrogens is 299 g/mol. The van der Waals surface area contributed by atoms with Crippen molar-refractivity contribution in [3.63, 3.8) is 0 Å². The summed E-state index contributed by atoms with van der Waals surface area (Å²) in [6, 6.07) is 0. The molecule has 1 aromatic heterocycles. The Bertz CT molecular complexity index is 510. The average molecular weight is 320 g/mol. The molecule has 1 amide bonds. The van der Waals surface area contributed by atoms with Crippen LogP contribution in [0.1, 0.15) is 33.4 Å². The predicted molar refractivity (Wildman–Crippen MR) is 80.8 cm³/mol. The van der Waals surface area contributed by atoms with Crippen LogP contribution in [0.2, 0.25) is 0 Å². The van der Waals surface area contributed by atoms with Gasteiger partial charge in [-0.3, -0.25) is 9.88 Å². The van der Waals surface area contributed by atoms with E-state index in [9.17, 15) is 9.36 Å². The van der Waals surface area contributed by atoms with Gasteiger partial charge in [0.2, 0.25) is 7.37 Å². The van der Waals surface area contributed by atoms with E-state index in [-0.39, 0.29) is 6.16 Å². The summed E-state index contributed by atoms with van der Waals surface area (Å²) in [4.78, 5) is 15.8. The van der Waals surface area contributed by atoms with Gasteiger partial charge in [0.05, 0.1) is 18.5 Å². The lowest BCUT2D eigenvalue weighted by atomic mass is 10.2. The van der Waals surface area contributed by atoms with Gasteiger partial charge in [-0.2, -0.15) is 0 Å². The topological polar surface area (TPSA) is 77.5 Å². The van der Waals surface area contributed by atoms with Crippen LogP contribution in [0.15, 0.2) is 5.38 Å². The van der Waals surface area contributed by atoms with Crippen LogP contribution in [0, 0.1) is 0 Å². The minimum atomic E-state index is -2.67. The third-order valence-corrected chi connectivity index (χ3v) is 4.52. The summed E-state index contributed by atoms with van der Waals surface area (Å²) in [5, 5.41) is 4.73. The number of ether oxygens (including phenoxy) is 1. The van der Waals surface area contributed by atoms with E-state index in [4.69, 9.17) is 9.26 Å². The van der Waals surface area contributed by atoms with Crippen molar-refractivity contribution in [1.29, 1.82) is 0 Å². The fourth-order valence-corrected chi connectivity index (χ4v) is 3.65. The Morgan fingerprint density at radius 3 is 2.70 bits per heavy atom. The highest BCUT2D eigenvalue weighted by Gasteiger charge is 2.20. The fourth-order valence-electron chi connectivity index (χ4n) is 1.44. The fraction of sp³-hybridized carbons (Fsp3) is 0.667. The molecule has 0 aliphatic rings. The Balaban J connectivity index is 2.60. The summed E-state index contributed by atoms with van der Waals surface area (Å²) >= 11 is 1.26. The molecule has 114 valence electrons. The molecule has 0 fully saturated rings. The van der Waals surface area contributed by atoms with Crippen LogP contribution in [0.4, 0.5) is 9.93 Å². The maximum Gasteiger partial charge on any atom is 0.413 e. The van der Waals surface area contributed by atoms with Crippen LogP contribution in [0.5, 0.6) is 0 Å². The van der Waals surface area contributed by atoms with Crippen LogP contribution in [0.25, 0.3) is 0 Å². The molecule has 20 heavy (non-hydrogen) atoms. The van der Waals surface area contributed by atoms with Crippen LogP contribution in [-0.4, -0.2) is 29.9 Å². The van der Waals surface area contributed by atoms with Gasteiger partial charge in [0.25, 0.3) is 0 Å². The van der Waals surface area contributed by atoms with Gasteiger partial charge in [0, 0.05) is 12.0 Å². The van der Waals surface area contributed by atoms with Crippen LogP contribution in [0.3, 0.4) is 0 Å². The van der Waals surface area contributed by atoms with Crippen molar-refractivity contribution in [2.45, 2.75) is 39.5 Å². The van der Waals surface area contributed by atoms with Gasteiger partial charge in [-0.15, -0.1) is 11.3 Å². The lowest BCUT2D eigenvalue weighted by molar-refractivity contribution is 0.0636. The number of amides is 1. The maximum absolute atomic E-state index is 12.0. The molecule has 0 aliphatic heterocycles. The van der Waals surface area contributed by atoms with E-state index in [0.29, 0.717) is 17.4 Å². The molecule has 1 N–H and O–H groups in total. The molecule has 0 saturated heterocycles. The van der Waals surface area contributed by atoms with Crippen molar-refractivity contribution >= 4 is 29.9 Å². The van der Waals surface area contributed by atoms with E-state index in [1.807, 2.05) is 0 Å². The SMILES string of the molecule is CCO[P@@](C)(=O)Cc1csc(NC(=O)OC(C)(C)C)n1. The highest BCUT2D eigenvalue weighted by molar-refractivity contribution is 7.57. The zero-order chi connectivity index (χ0) is 15.4. The van der Waals surface area contributed by atoms with Gasteiger partial charge in [0.15, 0.2) is 5.13 Å². The molecule has 1 heterocycles. The number of carbonyl (C=O) groups is 1. The number of aromatic nitrogens is 1. The number of nitrogens with zero attached hydrogens (tertiary/aromatic N) is 1. The van der Waals surface area contributed by atoms with Gasteiger partial charge < -0.3 is 9.26 Å². The summed E-state index contributed by atoms with van der Waals surface area (Å²) in [7, 11) is -2.67. The summed E-state index contributed by atoms with van der Waals surface area (Å²) in [5.41, 5.74) is 0.0819. The van der Waals surface area contributed by atoms with Gasteiger partial charge in [-0.1, -0.05) is 0 Å². The van der Waals surface area contributed by atoms with Gasteiger partial charge >= 0.3 is 6.09 Å². The molecule has 0 aliphatic carbocycles. The number of rotatable bonds is 5. The zero-order valence-electron chi connectivity index (χ0n) is 12.4. The molecule has 0 unspecified atom stereocenters. The standard InChI is InChI=1S/C12H21N2O4PS/c1-6-17-19(5,16)7-9-8-20-10(13-9)14-11(15)18-12(2,3)4/h8H,6-7H2,1-5H3,(H,13,14,15)/t19-/m1/s1. The summed E-state index contributed by atoms with van der Waals surface area (Å²) < 4.78 is 22.4.